The number of benzene rings is 2. The van der Waals surface area contributed by atoms with E-state index >= 15 is 0 Å². The van der Waals surface area contributed by atoms with Gasteiger partial charge in [0.2, 0.25) is 0 Å². The number of carbonyl (C=O) groups is 2. The summed E-state index contributed by atoms with van der Waals surface area (Å²) in [7, 11) is 0. The second-order valence-electron chi connectivity index (χ2n) is 6.26. The zero-order valence-corrected chi connectivity index (χ0v) is 15.6. The number of Topliss-reactive ketones (excluding diaryl/α,β-unsaturated/α-hetero) is 1. The van der Waals surface area contributed by atoms with E-state index in [2.05, 4.69) is 0 Å². The molecular formula is C21H23NO5. The van der Waals surface area contributed by atoms with Crippen molar-refractivity contribution in [1.29, 1.82) is 0 Å². The number of nitrogens with zero attached hydrogens (tertiary/aromatic N) is 1. The molecule has 6 nitrogen and oxygen atoms in total. The number of carbonyl (C=O) groups excluding carboxylic acids is 2. The molecule has 3 rings (SSSR count). The average Bonchev–Trinajstić information content (AvgIpc) is 2.70. The minimum absolute atomic E-state index is 0.00536. The molecule has 1 aliphatic heterocycles. The van der Waals surface area contributed by atoms with Gasteiger partial charge in [0, 0.05) is 18.7 Å². The third-order valence-corrected chi connectivity index (χ3v) is 4.34. The number of likely N-dealkylation sites (N-methyl/N-ethyl adjacent to an activating group) is 1. The molecule has 0 saturated heterocycles. The highest BCUT2D eigenvalue weighted by atomic mass is 16.6. The number of fused-ring (bicyclic) bond motifs is 1. The van der Waals surface area contributed by atoms with Crippen LogP contribution in [0.25, 0.3) is 0 Å². The van der Waals surface area contributed by atoms with Crippen molar-refractivity contribution in [2.45, 2.75) is 20.4 Å². The van der Waals surface area contributed by atoms with E-state index in [0.717, 1.165) is 11.3 Å². The first kappa shape index (κ1) is 18.8. The largest absolute Gasteiger partial charge is 0.486 e. The second kappa shape index (κ2) is 8.58. The second-order valence-corrected chi connectivity index (χ2v) is 6.26. The quantitative estimate of drug-likeness (QED) is 0.702. The van der Waals surface area contributed by atoms with Gasteiger partial charge in [-0.2, -0.15) is 0 Å². The fourth-order valence-electron chi connectivity index (χ4n) is 2.81. The van der Waals surface area contributed by atoms with Gasteiger partial charge in [-0.15, -0.1) is 0 Å². The van der Waals surface area contributed by atoms with Crippen LogP contribution in [0.2, 0.25) is 0 Å². The maximum absolute atomic E-state index is 12.5. The van der Waals surface area contributed by atoms with Gasteiger partial charge in [0.1, 0.15) is 19.0 Å². The summed E-state index contributed by atoms with van der Waals surface area (Å²) in [6.07, 6.45) is 0. The predicted octanol–water partition coefficient (Wildman–Crippen LogP) is 3.09. The van der Waals surface area contributed by atoms with Crippen molar-refractivity contribution in [1.82, 2.24) is 4.90 Å². The van der Waals surface area contributed by atoms with Crippen LogP contribution in [0.1, 0.15) is 29.8 Å². The molecule has 27 heavy (non-hydrogen) atoms. The van der Waals surface area contributed by atoms with Crippen LogP contribution in [0, 0.1) is 0 Å². The number of rotatable bonds is 7. The number of amides is 1. The first-order chi connectivity index (χ1) is 13.1. The van der Waals surface area contributed by atoms with Crippen molar-refractivity contribution >= 4 is 11.7 Å². The fourth-order valence-corrected chi connectivity index (χ4v) is 2.81. The minimum Gasteiger partial charge on any atom is -0.486 e. The Labute approximate surface area is 158 Å². The van der Waals surface area contributed by atoms with Gasteiger partial charge >= 0.3 is 0 Å². The molecular weight excluding hydrogens is 346 g/mol. The highest BCUT2D eigenvalue weighted by molar-refractivity contribution is 5.94. The molecule has 0 saturated carbocycles. The molecule has 0 aromatic heterocycles. The van der Waals surface area contributed by atoms with E-state index in [1.165, 1.54) is 6.92 Å². The molecule has 0 aliphatic carbocycles. The lowest BCUT2D eigenvalue weighted by atomic mass is 10.1. The number of hydrogen-bond acceptors (Lipinski definition) is 5. The molecule has 0 atom stereocenters. The Bertz CT molecular complexity index is 816. The van der Waals surface area contributed by atoms with Crippen molar-refractivity contribution in [2.24, 2.45) is 0 Å². The summed E-state index contributed by atoms with van der Waals surface area (Å²) in [6.45, 7) is 5.50. The van der Waals surface area contributed by atoms with E-state index in [9.17, 15) is 9.59 Å². The molecule has 0 radical (unpaired) electrons. The average molecular weight is 369 g/mol. The highest BCUT2D eigenvalue weighted by Gasteiger charge is 2.16. The summed E-state index contributed by atoms with van der Waals surface area (Å²) in [6, 6.07) is 12.5. The number of ketones is 1. The number of hydrogen-bond donors (Lipinski definition) is 0. The highest BCUT2D eigenvalue weighted by Crippen LogP contribution is 2.31. The van der Waals surface area contributed by atoms with Crippen LogP contribution in [-0.4, -0.2) is 43.0 Å². The molecule has 1 aliphatic rings. The van der Waals surface area contributed by atoms with E-state index in [-0.39, 0.29) is 18.3 Å². The van der Waals surface area contributed by atoms with Gasteiger partial charge in [-0.3, -0.25) is 9.59 Å². The van der Waals surface area contributed by atoms with Gasteiger partial charge in [-0.1, -0.05) is 6.07 Å². The zero-order valence-electron chi connectivity index (χ0n) is 15.6. The van der Waals surface area contributed by atoms with E-state index in [4.69, 9.17) is 14.2 Å². The Hall–Kier alpha value is -3.02. The molecule has 142 valence electrons. The maximum atomic E-state index is 12.5. The van der Waals surface area contributed by atoms with Crippen LogP contribution in [0.3, 0.4) is 0 Å². The van der Waals surface area contributed by atoms with Crippen molar-refractivity contribution in [3.05, 3.63) is 53.6 Å². The molecule has 1 heterocycles. The Morgan fingerprint density at radius 3 is 2.41 bits per heavy atom. The van der Waals surface area contributed by atoms with Crippen LogP contribution in [0.4, 0.5) is 0 Å². The topological polar surface area (TPSA) is 65.1 Å². The van der Waals surface area contributed by atoms with E-state index in [1.807, 2.05) is 25.1 Å². The molecule has 2 aromatic carbocycles. The third kappa shape index (κ3) is 4.78. The molecule has 0 N–H and O–H groups in total. The van der Waals surface area contributed by atoms with Crippen molar-refractivity contribution in [3.63, 3.8) is 0 Å². The fraction of sp³-hybridized carbons (Fsp3) is 0.333. The smallest absolute Gasteiger partial charge is 0.260 e. The van der Waals surface area contributed by atoms with Crippen LogP contribution in [-0.2, 0) is 11.3 Å². The van der Waals surface area contributed by atoms with Gasteiger partial charge in [0.05, 0.1) is 0 Å². The summed E-state index contributed by atoms with van der Waals surface area (Å²) >= 11 is 0. The molecule has 0 fully saturated rings. The first-order valence-electron chi connectivity index (χ1n) is 8.97. The third-order valence-electron chi connectivity index (χ3n) is 4.34. The molecule has 1 amide bonds. The van der Waals surface area contributed by atoms with Crippen molar-refractivity contribution < 1.29 is 23.8 Å². The Kier molecular flexibility index (Phi) is 5.96. The Morgan fingerprint density at radius 1 is 1.04 bits per heavy atom. The van der Waals surface area contributed by atoms with Crippen LogP contribution in [0.5, 0.6) is 17.2 Å². The van der Waals surface area contributed by atoms with Gasteiger partial charge in [-0.25, -0.2) is 0 Å². The van der Waals surface area contributed by atoms with Gasteiger partial charge in [0.25, 0.3) is 5.91 Å². The lowest BCUT2D eigenvalue weighted by Crippen LogP contribution is -2.34. The van der Waals surface area contributed by atoms with Gasteiger partial charge in [-0.05, 0) is 55.8 Å². The van der Waals surface area contributed by atoms with Gasteiger partial charge in [0.15, 0.2) is 23.9 Å². The number of ether oxygens (including phenoxy) is 3. The molecule has 0 unspecified atom stereocenters. The van der Waals surface area contributed by atoms with E-state index in [0.29, 0.717) is 43.4 Å². The molecule has 6 heteroatoms. The normalized spacial score (nSPS) is 12.4. The predicted molar refractivity (Wildman–Crippen MR) is 100 cm³/mol. The standard InChI is InChI=1S/C21H23NO5/c1-3-22(13-16-4-9-19-20(12-16)26-11-10-25-19)21(24)14-27-18-7-5-17(6-8-18)15(2)23/h4-9,12H,3,10-11,13-14H2,1-2H3. The zero-order chi connectivity index (χ0) is 19.2. The summed E-state index contributed by atoms with van der Waals surface area (Å²) in [5.41, 5.74) is 1.59. The van der Waals surface area contributed by atoms with Crippen molar-refractivity contribution in [3.8, 4) is 17.2 Å². The SMILES string of the molecule is CCN(Cc1ccc2c(c1)OCCO2)C(=O)COc1ccc(C(C)=O)cc1. The Balaban J connectivity index is 1.58. The summed E-state index contributed by atoms with van der Waals surface area (Å²) in [5, 5.41) is 0. The Morgan fingerprint density at radius 2 is 1.74 bits per heavy atom. The van der Waals surface area contributed by atoms with Crippen molar-refractivity contribution in [2.75, 3.05) is 26.4 Å². The molecule has 0 spiro atoms. The van der Waals surface area contributed by atoms with E-state index < -0.39 is 0 Å². The van der Waals surface area contributed by atoms with Crippen LogP contribution < -0.4 is 14.2 Å². The van der Waals surface area contributed by atoms with Crippen LogP contribution in [0.15, 0.2) is 42.5 Å². The summed E-state index contributed by atoms with van der Waals surface area (Å²) < 4.78 is 16.7. The summed E-state index contributed by atoms with van der Waals surface area (Å²) in [4.78, 5) is 25.5. The van der Waals surface area contributed by atoms with Gasteiger partial charge < -0.3 is 19.1 Å². The maximum Gasteiger partial charge on any atom is 0.260 e. The monoisotopic (exact) mass is 369 g/mol. The first-order valence-corrected chi connectivity index (χ1v) is 8.97. The molecule has 0 bridgehead atoms. The van der Waals surface area contributed by atoms with Crippen LogP contribution >= 0.6 is 0 Å². The summed E-state index contributed by atoms with van der Waals surface area (Å²) in [5.74, 6) is 1.89. The lowest BCUT2D eigenvalue weighted by Gasteiger charge is -2.23. The lowest BCUT2D eigenvalue weighted by molar-refractivity contribution is -0.133. The molecule has 2 aromatic rings. The van der Waals surface area contributed by atoms with E-state index in [1.54, 1.807) is 29.2 Å². The minimum atomic E-state index is -0.108.